The fraction of sp³-hybridized carbons (Fsp3) is 0. The molecular weight excluding hydrogens is 248 g/mol. The Morgan fingerprint density at radius 3 is 2.94 bits per heavy atom. The predicted octanol–water partition coefficient (Wildman–Crippen LogP) is 1.14. The molecule has 82 valence electrons. The van der Waals surface area contributed by atoms with Gasteiger partial charge in [0.1, 0.15) is 11.1 Å². The molecule has 2 aromatic rings. The molecule has 0 amide bonds. The maximum Gasteiger partial charge on any atom is 0.279 e. The predicted molar refractivity (Wildman–Crippen MR) is 58.4 cm³/mol. The quantitative estimate of drug-likeness (QED) is 0.858. The summed E-state index contributed by atoms with van der Waals surface area (Å²) >= 11 is 1.15. The van der Waals surface area contributed by atoms with Crippen molar-refractivity contribution in [2.75, 3.05) is 4.72 Å². The zero-order chi connectivity index (χ0) is 11.6. The summed E-state index contributed by atoms with van der Waals surface area (Å²) < 4.78 is 25.8. The second-order valence-electron chi connectivity index (χ2n) is 2.80. The fourth-order valence-corrected chi connectivity index (χ4v) is 3.03. The van der Waals surface area contributed by atoms with E-state index in [0.29, 0.717) is 10.6 Å². The van der Waals surface area contributed by atoms with E-state index in [9.17, 15) is 8.42 Å². The third-order valence-corrected chi connectivity index (χ3v) is 4.02. The molecule has 2 aromatic heterocycles. The second-order valence-corrected chi connectivity index (χ2v) is 5.37. The van der Waals surface area contributed by atoms with Gasteiger partial charge in [-0.1, -0.05) is 0 Å². The van der Waals surface area contributed by atoms with E-state index < -0.39 is 10.0 Å². The van der Waals surface area contributed by atoms with Crippen molar-refractivity contribution in [1.29, 1.82) is 5.26 Å². The van der Waals surface area contributed by atoms with Gasteiger partial charge in [0.15, 0.2) is 5.03 Å². The van der Waals surface area contributed by atoms with Gasteiger partial charge in [-0.3, -0.25) is 9.82 Å². The summed E-state index contributed by atoms with van der Waals surface area (Å²) in [5.74, 6) is 0. The summed E-state index contributed by atoms with van der Waals surface area (Å²) in [5.41, 5.74) is 0.299. The van der Waals surface area contributed by atoms with Gasteiger partial charge in [0.2, 0.25) is 0 Å². The molecule has 2 rings (SSSR count). The van der Waals surface area contributed by atoms with Crippen molar-refractivity contribution < 1.29 is 8.42 Å². The van der Waals surface area contributed by atoms with Crippen LogP contribution in [-0.4, -0.2) is 18.6 Å². The summed E-state index contributed by atoms with van der Waals surface area (Å²) in [6, 6.07) is 4.79. The number of sulfonamides is 1. The first-order valence-corrected chi connectivity index (χ1v) is 6.49. The first-order chi connectivity index (χ1) is 7.63. The molecule has 0 bridgehead atoms. The number of nitriles is 1. The van der Waals surface area contributed by atoms with Crippen molar-refractivity contribution in [3.8, 4) is 6.07 Å². The summed E-state index contributed by atoms with van der Waals surface area (Å²) in [4.78, 5) is 0. The molecule has 0 saturated carbocycles. The smallest absolute Gasteiger partial charge is 0.268 e. The molecule has 0 unspecified atom stereocenters. The SMILES string of the molecule is N#Cc1ccsc1NS(=O)(=O)c1ccn[nH]1. The Balaban J connectivity index is 2.33. The van der Waals surface area contributed by atoms with Crippen LogP contribution in [0.25, 0.3) is 0 Å². The van der Waals surface area contributed by atoms with Crippen molar-refractivity contribution >= 4 is 26.4 Å². The van der Waals surface area contributed by atoms with Crippen molar-refractivity contribution in [2.24, 2.45) is 0 Å². The van der Waals surface area contributed by atoms with Gasteiger partial charge in [-0.2, -0.15) is 18.8 Å². The van der Waals surface area contributed by atoms with Gasteiger partial charge in [-0.15, -0.1) is 11.3 Å². The largest absolute Gasteiger partial charge is 0.279 e. The lowest BCUT2D eigenvalue weighted by molar-refractivity contribution is 0.597. The van der Waals surface area contributed by atoms with E-state index in [4.69, 9.17) is 5.26 Å². The number of rotatable bonds is 3. The minimum Gasteiger partial charge on any atom is -0.268 e. The molecule has 0 atom stereocenters. The van der Waals surface area contributed by atoms with Crippen LogP contribution in [0.15, 0.2) is 28.7 Å². The van der Waals surface area contributed by atoms with Crippen LogP contribution in [0.2, 0.25) is 0 Å². The molecule has 0 radical (unpaired) electrons. The van der Waals surface area contributed by atoms with Crippen LogP contribution in [0.1, 0.15) is 5.56 Å². The molecule has 8 heteroatoms. The number of H-pyrrole nitrogens is 1. The van der Waals surface area contributed by atoms with Crippen molar-refractivity contribution in [2.45, 2.75) is 5.03 Å². The third kappa shape index (κ3) is 1.91. The average molecular weight is 254 g/mol. The lowest BCUT2D eigenvalue weighted by Gasteiger charge is -2.03. The van der Waals surface area contributed by atoms with E-state index in [1.54, 1.807) is 11.4 Å². The molecule has 0 aromatic carbocycles. The van der Waals surface area contributed by atoms with Gasteiger partial charge in [-0.05, 0) is 17.5 Å². The van der Waals surface area contributed by atoms with Crippen LogP contribution in [0, 0.1) is 11.3 Å². The number of nitrogens with zero attached hydrogens (tertiary/aromatic N) is 2. The third-order valence-electron chi connectivity index (χ3n) is 1.78. The van der Waals surface area contributed by atoms with E-state index in [-0.39, 0.29) is 5.03 Å². The standard InChI is InChI=1S/C8H6N4O2S2/c9-5-6-2-4-15-8(6)12-16(13,14)7-1-3-10-11-7/h1-4,12H,(H,10,11). The molecule has 0 spiro atoms. The molecule has 0 aliphatic carbocycles. The van der Waals surface area contributed by atoms with Crippen LogP contribution in [0.5, 0.6) is 0 Å². The fourth-order valence-electron chi connectivity index (χ4n) is 1.05. The lowest BCUT2D eigenvalue weighted by Crippen LogP contribution is -2.13. The minimum atomic E-state index is -3.68. The lowest BCUT2D eigenvalue weighted by atomic mass is 10.4. The minimum absolute atomic E-state index is 0.0372. The van der Waals surface area contributed by atoms with E-state index in [0.717, 1.165) is 11.3 Å². The topological polar surface area (TPSA) is 98.6 Å². The maximum absolute atomic E-state index is 11.7. The summed E-state index contributed by atoms with van der Waals surface area (Å²) in [6.07, 6.45) is 1.34. The number of nitrogens with one attached hydrogen (secondary N) is 2. The van der Waals surface area contributed by atoms with Crippen LogP contribution in [0.4, 0.5) is 5.00 Å². The molecule has 0 aliphatic rings. The Kier molecular flexibility index (Phi) is 2.64. The number of anilines is 1. The molecule has 0 aliphatic heterocycles. The Morgan fingerprint density at radius 2 is 2.31 bits per heavy atom. The van der Waals surface area contributed by atoms with Gasteiger partial charge in [-0.25, -0.2) is 0 Å². The zero-order valence-corrected chi connectivity index (χ0v) is 9.47. The van der Waals surface area contributed by atoms with E-state index in [1.807, 2.05) is 6.07 Å². The van der Waals surface area contributed by atoms with E-state index >= 15 is 0 Å². The van der Waals surface area contributed by atoms with Gasteiger partial charge >= 0.3 is 0 Å². The first-order valence-electron chi connectivity index (χ1n) is 4.13. The van der Waals surface area contributed by atoms with Gasteiger partial charge in [0, 0.05) is 0 Å². The zero-order valence-electron chi connectivity index (χ0n) is 7.84. The molecule has 6 nitrogen and oxygen atoms in total. The Labute approximate surface area is 95.6 Å². The molecular formula is C8H6N4O2S2. The van der Waals surface area contributed by atoms with Crippen LogP contribution < -0.4 is 4.72 Å². The van der Waals surface area contributed by atoms with E-state index in [1.165, 1.54) is 12.3 Å². The normalized spacial score (nSPS) is 10.9. The van der Waals surface area contributed by atoms with E-state index in [2.05, 4.69) is 14.9 Å². The highest BCUT2D eigenvalue weighted by atomic mass is 32.2. The van der Waals surface area contributed by atoms with Gasteiger partial charge in [0.05, 0.1) is 11.8 Å². The van der Waals surface area contributed by atoms with Gasteiger partial charge in [0.25, 0.3) is 10.0 Å². The molecule has 2 N–H and O–H groups in total. The number of aromatic amines is 1. The summed E-state index contributed by atoms with van der Waals surface area (Å²) in [5, 5.41) is 16.5. The summed E-state index contributed by atoms with van der Waals surface area (Å²) in [6.45, 7) is 0. The molecule has 16 heavy (non-hydrogen) atoms. The van der Waals surface area contributed by atoms with Gasteiger partial charge < -0.3 is 0 Å². The number of thiophene rings is 1. The highest BCUT2D eigenvalue weighted by Crippen LogP contribution is 2.24. The van der Waals surface area contributed by atoms with Crippen LogP contribution >= 0.6 is 11.3 Å². The number of hydrogen-bond acceptors (Lipinski definition) is 5. The monoisotopic (exact) mass is 254 g/mol. The second kappa shape index (κ2) is 3.96. The molecule has 0 saturated heterocycles. The van der Waals surface area contributed by atoms with Crippen molar-refractivity contribution in [3.63, 3.8) is 0 Å². The highest BCUT2D eigenvalue weighted by molar-refractivity contribution is 7.92. The van der Waals surface area contributed by atoms with Crippen LogP contribution in [-0.2, 0) is 10.0 Å². The van der Waals surface area contributed by atoms with Crippen molar-refractivity contribution in [1.82, 2.24) is 10.2 Å². The molecule has 0 fully saturated rings. The Morgan fingerprint density at radius 1 is 1.50 bits per heavy atom. The Hall–Kier alpha value is -1.85. The average Bonchev–Trinajstić information content (AvgIpc) is 2.86. The summed E-state index contributed by atoms with van der Waals surface area (Å²) in [7, 11) is -3.68. The van der Waals surface area contributed by atoms with Crippen molar-refractivity contribution in [3.05, 3.63) is 29.3 Å². The maximum atomic E-state index is 11.7. The first kappa shape index (κ1) is 10.7. The highest BCUT2D eigenvalue weighted by Gasteiger charge is 2.17. The van der Waals surface area contributed by atoms with Crippen LogP contribution in [0.3, 0.4) is 0 Å². The number of aromatic nitrogens is 2. The Bertz CT molecular complexity index is 621. The number of hydrogen-bond donors (Lipinski definition) is 2. The molecule has 2 heterocycles.